The van der Waals surface area contributed by atoms with Gasteiger partial charge in [0.15, 0.2) is 5.11 Å². The summed E-state index contributed by atoms with van der Waals surface area (Å²) in [5, 5.41) is 6.90. The van der Waals surface area contributed by atoms with Crippen LogP contribution in [0.3, 0.4) is 0 Å². The van der Waals surface area contributed by atoms with Gasteiger partial charge in [-0.2, -0.15) is 0 Å². The van der Waals surface area contributed by atoms with Crippen molar-refractivity contribution in [2.75, 3.05) is 27.3 Å². The second-order valence-corrected chi connectivity index (χ2v) is 4.97. The molecular formula is C12H23N3O2S. The van der Waals surface area contributed by atoms with E-state index in [0.29, 0.717) is 30.3 Å². The number of rotatable bonds is 6. The molecule has 0 spiro atoms. The first kappa shape index (κ1) is 15.2. The number of hydrogen-bond acceptors (Lipinski definition) is 3. The van der Waals surface area contributed by atoms with Crippen LogP contribution in [-0.4, -0.2) is 55.8 Å². The van der Waals surface area contributed by atoms with Crippen LogP contribution >= 0.6 is 12.2 Å². The van der Waals surface area contributed by atoms with Crippen LogP contribution in [0, 0.1) is 0 Å². The Morgan fingerprint density at radius 1 is 1.44 bits per heavy atom. The fraction of sp³-hybridized carbons (Fsp3) is 0.833. The zero-order chi connectivity index (χ0) is 13.4. The van der Waals surface area contributed by atoms with Crippen molar-refractivity contribution in [1.82, 2.24) is 15.5 Å². The van der Waals surface area contributed by atoms with E-state index in [1.165, 1.54) is 0 Å². The molecule has 0 aliphatic heterocycles. The Morgan fingerprint density at radius 3 is 2.61 bits per heavy atom. The number of ether oxygens (including phenoxy) is 1. The molecule has 1 amide bonds. The van der Waals surface area contributed by atoms with E-state index in [0.717, 1.165) is 32.1 Å². The quantitative estimate of drug-likeness (QED) is 0.545. The molecule has 0 bridgehead atoms. The third-order valence-electron chi connectivity index (χ3n) is 3.42. The van der Waals surface area contributed by atoms with E-state index in [1.807, 2.05) is 11.9 Å². The van der Waals surface area contributed by atoms with Crippen LogP contribution in [0.2, 0.25) is 0 Å². The van der Waals surface area contributed by atoms with Gasteiger partial charge in [0.05, 0.1) is 6.61 Å². The molecule has 18 heavy (non-hydrogen) atoms. The lowest BCUT2D eigenvalue weighted by molar-refractivity contribution is -0.121. The summed E-state index contributed by atoms with van der Waals surface area (Å²) in [5.41, 5.74) is 0. The molecule has 1 rings (SSSR count). The minimum absolute atomic E-state index is 0.346. The first-order valence-corrected chi connectivity index (χ1v) is 6.80. The van der Waals surface area contributed by atoms with Crippen LogP contribution in [0.15, 0.2) is 0 Å². The van der Waals surface area contributed by atoms with Gasteiger partial charge in [-0.1, -0.05) is 0 Å². The summed E-state index contributed by atoms with van der Waals surface area (Å²) in [6.45, 7) is 1.28. The van der Waals surface area contributed by atoms with E-state index in [2.05, 4.69) is 10.6 Å². The van der Waals surface area contributed by atoms with E-state index in [-0.39, 0.29) is 0 Å². The van der Waals surface area contributed by atoms with Crippen molar-refractivity contribution < 1.29 is 9.53 Å². The maximum Gasteiger partial charge on any atom is 0.210 e. The highest BCUT2D eigenvalue weighted by Crippen LogP contribution is 2.22. The zero-order valence-electron chi connectivity index (χ0n) is 11.1. The van der Waals surface area contributed by atoms with Gasteiger partial charge in [0.25, 0.3) is 0 Å². The predicted octanol–water partition coefficient (Wildman–Crippen LogP) is 0.496. The largest absolute Gasteiger partial charge is 0.383 e. The molecule has 0 aromatic heterocycles. The van der Waals surface area contributed by atoms with Gasteiger partial charge in [-0.25, -0.2) is 0 Å². The summed E-state index contributed by atoms with van der Waals surface area (Å²) in [6, 6.07) is 0.774. The lowest BCUT2D eigenvalue weighted by atomic mass is 9.90. The molecule has 1 fully saturated rings. The van der Waals surface area contributed by atoms with Crippen molar-refractivity contribution in [3.63, 3.8) is 0 Å². The lowest BCUT2D eigenvalue weighted by Gasteiger charge is -2.35. The number of carbonyl (C=O) groups is 1. The standard InChI is InChI=1S/C12H23N3O2S/c1-13-12(18)14-10-3-5-11(6-4-10)15(9-16)7-8-17-2/h9-11H,3-8H2,1-2H3,(H2,13,14,18). The number of methoxy groups -OCH3 is 1. The van der Waals surface area contributed by atoms with Crippen molar-refractivity contribution in [3.8, 4) is 0 Å². The molecular weight excluding hydrogens is 250 g/mol. The first-order chi connectivity index (χ1) is 8.71. The summed E-state index contributed by atoms with van der Waals surface area (Å²) in [5.74, 6) is 0. The second-order valence-electron chi connectivity index (χ2n) is 4.56. The Bertz CT molecular complexity index is 268. The van der Waals surface area contributed by atoms with Crippen molar-refractivity contribution in [2.24, 2.45) is 0 Å². The molecule has 104 valence electrons. The molecule has 0 saturated heterocycles. The normalized spacial score (nSPS) is 23.2. The Balaban J connectivity index is 2.32. The van der Waals surface area contributed by atoms with Crippen LogP contribution in [-0.2, 0) is 9.53 Å². The third-order valence-corrected chi connectivity index (χ3v) is 3.74. The summed E-state index contributed by atoms with van der Waals surface area (Å²) in [6.07, 6.45) is 5.07. The maximum absolute atomic E-state index is 11.0. The average molecular weight is 273 g/mol. The smallest absolute Gasteiger partial charge is 0.210 e. The second kappa shape index (κ2) is 8.26. The number of amides is 1. The summed E-state index contributed by atoms with van der Waals surface area (Å²) < 4.78 is 5.01. The number of carbonyl (C=O) groups excluding carboxylic acids is 1. The van der Waals surface area contributed by atoms with Gasteiger partial charge in [-0.3, -0.25) is 4.79 Å². The van der Waals surface area contributed by atoms with E-state index < -0.39 is 0 Å². The van der Waals surface area contributed by atoms with E-state index in [9.17, 15) is 4.79 Å². The van der Waals surface area contributed by atoms with Crippen LogP contribution in [0.4, 0.5) is 0 Å². The third kappa shape index (κ3) is 4.78. The molecule has 0 atom stereocenters. The predicted molar refractivity (Wildman–Crippen MR) is 75.5 cm³/mol. The van der Waals surface area contributed by atoms with Gasteiger partial charge in [0.1, 0.15) is 0 Å². The maximum atomic E-state index is 11.0. The SMILES string of the molecule is CNC(=S)NC1CCC(N(C=O)CCOC)CC1. The van der Waals surface area contributed by atoms with Gasteiger partial charge >= 0.3 is 0 Å². The molecule has 0 unspecified atom stereocenters. The van der Waals surface area contributed by atoms with Crippen molar-refractivity contribution in [3.05, 3.63) is 0 Å². The molecule has 6 heteroatoms. The first-order valence-electron chi connectivity index (χ1n) is 6.39. The molecule has 1 saturated carbocycles. The van der Waals surface area contributed by atoms with Gasteiger partial charge in [-0.15, -0.1) is 0 Å². The van der Waals surface area contributed by atoms with Gasteiger partial charge in [0, 0.05) is 32.8 Å². The molecule has 0 radical (unpaired) electrons. The van der Waals surface area contributed by atoms with E-state index >= 15 is 0 Å². The van der Waals surface area contributed by atoms with E-state index in [1.54, 1.807) is 7.11 Å². The molecule has 0 aromatic rings. The molecule has 0 aromatic carbocycles. The van der Waals surface area contributed by atoms with Crippen molar-refractivity contribution >= 4 is 23.7 Å². The van der Waals surface area contributed by atoms with Crippen LogP contribution in [0.25, 0.3) is 0 Å². The fourth-order valence-electron chi connectivity index (χ4n) is 2.33. The lowest BCUT2D eigenvalue weighted by Crippen LogP contribution is -2.46. The zero-order valence-corrected chi connectivity index (χ0v) is 12.0. The van der Waals surface area contributed by atoms with Gasteiger partial charge < -0.3 is 20.3 Å². The van der Waals surface area contributed by atoms with Gasteiger partial charge in [0.2, 0.25) is 6.41 Å². The number of hydrogen-bond donors (Lipinski definition) is 2. The highest BCUT2D eigenvalue weighted by atomic mass is 32.1. The van der Waals surface area contributed by atoms with Gasteiger partial charge in [-0.05, 0) is 37.9 Å². The van der Waals surface area contributed by atoms with Crippen molar-refractivity contribution in [1.29, 1.82) is 0 Å². The molecule has 2 N–H and O–H groups in total. The topological polar surface area (TPSA) is 53.6 Å². The highest BCUT2D eigenvalue weighted by Gasteiger charge is 2.25. The molecule has 1 aliphatic rings. The van der Waals surface area contributed by atoms with Crippen LogP contribution in [0.1, 0.15) is 25.7 Å². The number of thiocarbonyl (C=S) groups is 1. The minimum atomic E-state index is 0.346. The Labute approximate surface area is 114 Å². The summed E-state index contributed by atoms with van der Waals surface area (Å²) in [7, 11) is 3.47. The van der Waals surface area contributed by atoms with E-state index in [4.69, 9.17) is 17.0 Å². The fourth-order valence-corrected chi connectivity index (χ4v) is 2.49. The number of nitrogens with one attached hydrogen (secondary N) is 2. The highest BCUT2D eigenvalue weighted by molar-refractivity contribution is 7.80. The molecule has 1 aliphatic carbocycles. The summed E-state index contributed by atoms with van der Waals surface area (Å²) in [4.78, 5) is 12.9. The number of nitrogens with zero attached hydrogens (tertiary/aromatic N) is 1. The van der Waals surface area contributed by atoms with Crippen molar-refractivity contribution in [2.45, 2.75) is 37.8 Å². The Morgan fingerprint density at radius 2 is 2.11 bits per heavy atom. The van der Waals surface area contributed by atoms with Crippen LogP contribution in [0.5, 0.6) is 0 Å². The Kier molecular flexibility index (Phi) is 6.97. The molecule has 0 heterocycles. The monoisotopic (exact) mass is 273 g/mol. The van der Waals surface area contributed by atoms with Crippen LogP contribution < -0.4 is 10.6 Å². The molecule has 5 nitrogen and oxygen atoms in total. The summed E-state index contributed by atoms with van der Waals surface area (Å²) >= 11 is 5.09. The Hall–Kier alpha value is -0.880. The minimum Gasteiger partial charge on any atom is -0.383 e. The average Bonchev–Trinajstić information content (AvgIpc) is 2.41.